The van der Waals surface area contributed by atoms with Gasteiger partial charge in [-0.2, -0.15) is 0 Å². The van der Waals surface area contributed by atoms with Gasteiger partial charge in [0.05, 0.1) is 18.7 Å². The summed E-state index contributed by atoms with van der Waals surface area (Å²) in [4.78, 5) is 79.5. The zero-order valence-electron chi connectivity index (χ0n) is 29.9. The van der Waals surface area contributed by atoms with Crippen LogP contribution in [0.25, 0.3) is 10.9 Å². The Morgan fingerprint density at radius 2 is 1.41 bits per heavy atom. The van der Waals surface area contributed by atoms with E-state index in [1.165, 1.54) is 13.1 Å². The van der Waals surface area contributed by atoms with Gasteiger partial charge in [0.15, 0.2) is 0 Å². The van der Waals surface area contributed by atoms with Crippen LogP contribution in [-0.2, 0) is 50.3 Å². The van der Waals surface area contributed by atoms with Crippen molar-refractivity contribution in [3.8, 4) is 5.75 Å². The zero-order chi connectivity index (χ0) is 38.6. The molecule has 284 valence electrons. The summed E-state index contributed by atoms with van der Waals surface area (Å²) in [6.45, 7) is 2.38. The molecule has 1 aliphatic heterocycles. The van der Waals surface area contributed by atoms with E-state index >= 15 is 0 Å². The second-order valence-electron chi connectivity index (χ2n) is 13.0. The summed E-state index contributed by atoms with van der Waals surface area (Å²) >= 11 is 0. The molecule has 0 saturated carbocycles. The number of carboxylic acid groups (broad SMARTS) is 1. The van der Waals surface area contributed by atoms with Gasteiger partial charge in [0.25, 0.3) is 11.5 Å². The molecule has 0 radical (unpaired) electrons. The van der Waals surface area contributed by atoms with Gasteiger partial charge in [-0.15, -0.1) is 0 Å². The smallest absolute Gasteiger partial charge is 0.322 e. The number of amides is 4. The lowest BCUT2D eigenvalue weighted by molar-refractivity contribution is -0.135. The van der Waals surface area contributed by atoms with Gasteiger partial charge in [0.1, 0.15) is 29.9 Å². The number of aromatic hydroxyl groups is 1. The summed E-state index contributed by atoms with van der Waals surface area (Å²) in [5, 5.41) is 30.7. The molecule has 6 N–H and O–H groups in total. The van der Waals surface area contributed by atoms with E-state index in [1.54, 1.807) is 12.1 Å². The molecular weight excluding hydrogens is 696 g/mol. The second kappa shape index (κ2) is 18.6. The third-order valence-corrected chi connectivity index (χ3v) is 9.14. The first-order chi connectivity index (χ1) is 26.0. The Kier molecular flexibility index (Phi) is 13.5. The number of fused-ring (bicyclic) bond motifs is 1. The number of hydrogen-bond acceptors (Lipinski definition) is 9. The van der Waals surface area contributed by atoms with Crippen molar-refractivity contribution in [1.29, 1.82) is 0 Å². The Hall–Kier alpha value is -6.06. The molecule has 2 heterocycles. The highest BCUT2D eigenvalue weighted by atomic mass is 16.5. The van der Waals surface area contributed by atoms with Crippen LogP contribution in [-0.4, -0.2) is 101 Å². The molecule has 0 bridgehead atoms. The number of nitrogens with one attached hydrogen (secondary N) is 4. The van der Waals surface area contributed by atoms with E-state index in [0.29, 0.717) is 30.8 Å². The third kappa shape index (κ3) is 10.5. The minimum atomic E-state index is -1.32. The number of benzene rings is 3. The number of nitrogens with zero attached hydrogens (tertiary/aromatic N) is 2. The Bertz CT molecular complexity index is 2030. The van der Waals surface area contributed by atoms with Crippen molar-refractivity contribution in [3.63, 3.8) is 0 Å². The Balaban J connectivity index is 1.33. The average Bonchev–Trinajstić information content (AvgIpc) is 3.18. The lowest BCUT2D eigenvalue weighted by atomic mass is 10.0. The maximum absolute atomic E-state index is 13.9. The van der Waals surface area contributed by atoms with Crippen LogP contribution in [0, 0.1) is 0 Å². The predicted molar refractivity (Wildman–Crippen MR) is 199 cm³/mol. The van der Waals surface area contributed by atoms with Crippen molar-refractivity contribution in [2.24, 2.45) is 7.05 Å². The number of morpholine rings is 1. The fraction of sp³-hybridized carbons (Fsp3) is 0.333. The summed E-state index contributed by atoms with van der Waals surface area (Å²) in [5.41, 5.74) is 0.986. The fourth-order valence-electron chi connectivity index (χ4n) is 6.19. The van der Waals surface area contributed by atoms with Gasteiger partial charge < -0.3 is 40.8 Å². The second-order valence-corrected chi connectivity index (χ2v) is 13.0. The molecule has 1 aromatic heterocycles. The first kappa shape index (κ1) is 39.2. The van der Waals surface area contributed by atoms with E-state index in [2.05, 4.69) is 26.2 Å². The van der Waals surface area contributed by atoms with Gasteiger partial charge in [0.2, 0.25) is 17.7 Å². The predicted octanol–water partition coefficient (Wildman–Crippen LogP) is 0.852. The minimum absolute atomic E-state index is 0.0511. The molecule has 1 saturated heterocycles. The number of carbonyl (C=O) groups is 5. The molecule has 0 unspecified atom stereocenters. The maximum Gasteiger partial charge on any atom is 0.322 e. The molecule has 1 fully saturated rings. The van der Waals surface area contributed by atoms with Crippen molar-refractivity contribution in [1.82, 2.24) is 30.7 Å². The molecule has 54 heavy (non-hydrogen) atoms. The van der Waals surface area contributed by atoms with Gasteiger partial charge >= 0.3 is 5.97 Å². The van der Waals surface area contributed by atoms with E-state index in [1.807, 2.05) is 60.7 Å². The van der Waals surface area contributed by atoms with Crippen molar-refractivity contribution in [2.45, 2.75) is 37.9 Å². The number of rotatable bonds is 16. The standard InChI is InChI=1S/C39H44N6O9/c1-44-31-13-12-27(20-28(31)35(49)34(39(44)53)38(52)41-24-33(47)48)23-40-36(50)29(21-25-8-4-2-5-9-25)43-37(51)30(22-26-10-6-3-7-11-26)42-32(46)14-15-45-16-18-54-19-17-45/h2-13,20,29-30,49H,14-19,21-24H2,1H3,(H,40,50)(H,41,52)(H,42,46)(H,43,51)(H,47,48)/t29-,30+/m1/s1. The number of aryl methyl sites for hydroxylation is 1. The normalized spacial score (nSPS) is 14.1. The molecule has 0 spiro atoms. The molecule has 3 aromatic carbocycles. The lowest BCUT2D eigenvalue weighted by Crippen LogP contribution is -2.55. The van der Waals surface area contributed by atoms with Gasteiger partial charge in [-0.25, -0.2) is 0 Å². The van der Waals surface area contributed by atoms with Crippen LogP contribution in [0.5, 0.6) is 5.75 Å². The summed E-state index contributed by atoms with van der Waals surface area (Å²) in [7, 11) is 1.41. The molecule has 4 aromatic rings. The number of aliphatic carboxylic acids is 1. The van der Waals surface area contributed by atoms with Crippen molar-refractivity contribution >= 4 is 40.5 Å². The summed E-state index contributed by atoms with van der Waals surface area (Å²) in [6, 6.07) is 21.1. The van der Waals surface area contributed by atoms with Crippen LogP contribution in [0.2, 0.25) is 0 Å². The highest BCUT2D eigenvalue weighted by Gasteiger charge is 2.28. The molecule has 15 heteroatoms. The SMILES string of the molecule is Cn1c(=O)c(C(=O)NCC(=O)O)c(O)c2cc(CNC(=O)[C@@H](Cc3ccccc3)NC(=O)[C@H](Cc3ccccc3)NC(=O)CCN3CCOCC3)ccc21. The Morgan fingerprint density at radius 3 is 2.02 bits per heavy atom. The summed E-state index contributed by atoms with van der Waals surface area (Å²) in [5.74, 6) is -4.33. The monoisotopic (exact) mass is 740 g/mol. The number of carbonyl (C=O) groups excluding carboxylic acids is 4. The molecule has 2 atom stereocenters. The van der Waals surface area contributed by atoms with Gasteiger partial charge in [-0.1, -0.05) is 66.7 Å². The minimum Gasteiger partial charge on any atom is -0.506 e. The molecule has 1 aliphatic rings. The number of carboxylic acids is 1. The van der Waals surface area contributed by atoms with Crippen molar-refractivity contribution < 1.29 is 38.9 Å². The van der Waals surface area contributed by atoms with Gasteiger partial charge in [-0.05, 0) is 28.8 Å². The Morgan fingerprint density at radius 1 is 0.796 bits per heavy atom. The molecule has 5 rings (SSSR count). The zero-order valence-corrected chi connectivity index (χ0v) is 29.9. The van der Waals surface area contributed by atoms with Crippen LogP contribution < -0.4 is 26.8 Å². The average molecular weight is 741 g/mol. The Labute approximate surface area is 311 Å². The number of pyridine rings is 1. The topological polar surface area (TPSA) is 208 Å². The van der Waals surface area contributed by atoms with Crippen molar-refractivity contribution in [3.05, 3.63) is 111 Å². The molecule has 4 amide bonds. The van der Waals surface area contributed by atoms with E-state index in [-0.39, 0.29) is 37.1 Å². The number of hydrogen-bond donors (Lipinski definition) is 6. The number of ether oxygens (including phenoxy) is 1. The fourth-order valence-corrected chi connectivity index (χ4v) is 6.19. The van der Waals surface area contributed by atoms with E-state index in [4.69, 9.17) is 9.84 Å². The van der Waals surface area contributed by atoms with Crippen LogP contribution in [0.1, 0.15) is 33.5 Å². The van der Waals surface area contributed by atoms with Crippen LogP contribution in [0.3, 0.4) is 0 Å². The highest BCUT2D eigenvalue weighted by molar-refractivity contribution is 6.03. The third-order valence-electron chi connectivity index (χ3n) is 9.14. The molecule has 0 aliphatic carbocycles. The molecular formula is C39H44N6O9. The quantitative estimate of drug-likeness (QED) is 0.0955. The van der Waals surface area contributed by atoms with Crippen LogP contribution in [0.4, 0.5) is 0 Å². The van der Waals surface area contributed by atoms with Crippen LogP contribution >= 0.6 is 0 Å². The first-order valence-corrected chi connectivity index (χ1v) is 17.6. The largest absolute Gasteiger partial charge is 0.506 e. The van der Waals surface area contributed by atoms with Gasteiger partial charge in [0, 0.05) is 57.9 Å². The summed E-state index contributed by atoms with van der Waals surface area (Å²) in [6.07, 6.45) is 0.544. The summed E-state index contributed by atoms with van der Waals surface area (Å²) < 4.78 is 6.55. The van der Waals surface area contributed by atoms with E-state index < -0.39 is 59.2 Å². The first-order valence-electron chi connectivity index (χ1n) is 17.6. The van der Waals surface area contributed by atoms with Gasteiger partial charge in [-0.3, -0.25) is 33.7 Å². The van der Waals surface area contributed by atoms with Crippen LogP contribution in [0.15, 0.2) is 83.7 Å². The number of aromatic nitrogens is 1. The van der Waals surface area contributed by atoms with Crippen molar-refractivity contribution in [2.75, 3.05) is 39.4 Å². The van der Waals surface area contributed by atoms with E-state index in [9.17, 15) is 33.9 Å². The maximum atomic E-state index is 13.9. The molecule has 15 nitrogen and oxygen atoms in total. The highest BCUT2D eigenvalue weighted by Crippen LogP contribution is 2.27. The van der Waals surface area contributed by atoms with E-state index in [0.717, 1.165) is 28.8 Å². The lowest BCUT2D eigenvalue weighted by Gasteiger charge is -2.27.